The first-order valence-corrected chi connectivity index (χ1v) is 3.40. The maximum Gasteiger partial charge on any atom is 0.506 e. The first-order valence-electron chi connectivity index (χ1n) is 2.07. The van der Waals surface area contributed by atoms with Crippen LogP contribution < -0.4 is 0 Å². The molecule has 2 fully saturated rings. The van der Waals surface area contributed by atoms with Crippen LogP contribution in [0.5, 0.6) is 0 Å². The second-order valence-electron chi connectivity index (χ2n) is 1.38. The highest BCUT2D eigenvalue weighted by Crippen LogP contribution is 2.30. The number of hydrogen-bond acceptors (Lipinski definition) is 7. The molecule has 0 atom stereocenters. The van der Waals surface area contributed by atoms with E-state index in [4.69, 9.17) is 0 Å². The van der Waals surface area contributed by atoms with E-state index in [1.54, 1.807) is 0 Å². The summed E-state index contributed by atoms with van der Waals surface area (Å²) in [5.74, 6) is -0.596. The highest BCUT2D eigenvalue weighted by Gasteiger charge is 2.42. The van der Waals surface area contributed by atoms with Gasteiger partial charge in [0.2, 0.25) is 0 Å². The van der Waals surface area contributed by atoms with Crippen molar-refractivity contribution in [2.75, 3.05) is 0 Å². The Morgan fingerprint density at radius 2 is 1.60 bits per heavy atom. The maximum absolute atomic E-state index is 10.1. The summed E-state index contributed by atoms with van der Waals surface area (Å²) in [5.41, 5.74) is 0. The molecule has 0 amide bonds. The summed E-state index contributed by atoms with van der Waals surface area (Å²) in [6.07, 6.45) is 0. The monoisotopic (exact) mass is 168 g/mol. The lowest BCUT2D eigenvalue weighted by Gasteiger charge is -2.21. The van der Waals surface area contributed by atoms with E-state index in [1.807, 2.05) is 0 Å². The van der Waals surface area contributed by atoms with Crippen LogP contribution in [0.3, 0.4) is 0 Å². The zero-order valence-electron chi connectivity index (χ0n) is 4.27. The molecule has 10 heavy (non-hydrogen) atoms. The summed E-state index contributed by atoms with van der Waals surface area (Å²) in [5, 5.41) is 3.75. The Balaban J connectivity index is 2.14. The van der Waals surface area contributed by atoms with Gasteiger partial charge in [0, 0.05) is 5.04 Å². The lowest BCUT2D eigenvalue weighted by atomic mass is 10.9. The zero-order valence-corrected chi connectivity index (χ0v) is 5.08. The maximum atomic E-state index is 10.1. The predicted octanol–water partition coefficient (Wildman–Crippen LogP) is -0.702. The lowest BCUT2D eigenvalue weighted by molar-refractivity contribution is -0.605. The summed E-state index contributed by atoms with van der Waals surface area (Å²) in [6, 6.07) is 0. The molecule has 0 unspecified atom stereocenters. The van der Waals surface area contributed by atoms with Crippen molar-refractivity contribution in [3.05, 3.63) is 11.9 Å². The van der Waals surface area contributed by atoms with Crippen molar-refractivity contribution < 1.29 is 31.6 Å². The highest BCUT2D eigenvalue weighted by atomic mass is 32.3. The topological polar surface area (TPSA) is 80.3 Å². The first kappa shape index (κ1) is 5.62. The Hall–Kier alpha value is -1.15. The fourth-order valence-corrected chi connectivity index (χ4v) is 0.915. The smallest absolute Gasteiger partial charge is 0.307 e. The molecule has 2 aliphatic rings. The van der Waals surface area contributed by atoms with Gasteiger partial charge in [-0.25, -0.2) is 9.78 Å². The van der Waals surface area contributed by atoms with Crippen molar-refractivity contribution in [3.8, 4) is 0 Å². The second kappa shape index (κ2) is 1.47. The molecule has 0 bridgehead atoms. The van der Waals surface area contributed by atoms with Crippen molar-refractivity contribution in [3.63, 3.8) is 0 Å². The molecule has 0 radical (unpaired) electrons. The van der Waals surface area contributed by atoms with Crippen molar-refractivity contribution in [2.24, 2.45) is 0 Å². The molecule has 0 aliphatic carbocycles. The fourth-order valence-electron chi connectivity index (χ4n) is 0.396. The van der Waals surface area contributed by atoms with Gasteiger partial charge in [0.15, 0.2) is 0 Å². The molecule has 56 valence electrons. The van der Waals surface area contributed by atoms with E-state index in [9.17, 15) is 8.42 Å². The van der Waals surface area contributed by atoms with Gasteiger partial charge in [-0.05, 0) is 0 Å². The van der Waals surface area contributed by atoms with Crippen molar-refractivity contribution in [2.45, 2.75) is 0 Å². The quantitative estimate of drug-likeness (QED) is 0.442. The summed E-state index contributed by atoms with van der Waals surface area (Å²) < 4.78 is 28.3. The third kappa shape index (κ3) is 0.660. The molecule has 0 saturated carbocycles. The van der Waals surface area contributed by atoms with Crippen molar-refractivity contribution >= 4 is 10.4 Å². The van der Waals surface area contributed by atoms with Crippen LogP contribution in [-0.2, 0) is 33.6 Å². The van der Waals surface area contributed by atoms with E-state index in [2.05, 4.69) is 23.2 Å². The van der Waals surface area contributed by atoms with E-state index in [0.717, 1.165) is 0 Å². The molecular weight excluding hydrogens is 168 g/mol. The van der Waals surface area contributed by atoms with Gasteiger partial charge in [-0.2, -0.15) is 0 Å². The van der Waals surface area contributed by atoms with E-state index < -0.39 is 10.4 Å². The van der Waals surface area contributed by atoms with Gasteiger partial charge in [-0.1, -0.05) is 0 Å². The summed E-state index contributed by atoms with van der Waals surface area (Å²) in [4.78, 5) is 8.14. The zero-order chi connectivity index (χ0) is 7.19. The van der Waals surface area contributed by atoms with Crippen LogP contribution >= 0.6 is 0 Å². The Morgan fingerprint density at radius 3 is 1.90 bits per heavy atom. The molecule has 0 spiro atoms. The average Bonchev–Trinajstić information content (AvgIpc) is 1.54. The molecule has 0 aromatic rings. The average molecular weight is 168 g/mol. The van der Waals surface area contributed by atoms with Gasteiger partial charge in [0.05, 0.1) is 0 Å². The van der Waals surface area contributed by atoms with Crippen LogP contribution in [0.2, 0.25) is 0 Å². The predicted molar refractivity (Wildman–Crippen MR) is 21.4 cm³/mol. The van der Waals surface area contributed by atoms with Crippen LogP contribution in [0.25, 0.3) is 0 Å². The normalized spacial score (nSPS) is 26.0. The largest absolute Gasteiger partial charge is 0.506 e. The molecule has 2 rings (SSSR count). The first-order chi connectivity index (χ1) is 4.67. The summed E-state index contributed by atoms with van der Waals surface area (Å²) >= 11 is 0. The van der Waals surface area contributed by atoms with Crippen LogP contribution in [0.15, 0.2) is 11.9 Å². The molecule has 7 nitrogen and oxygen atoms in total. The Bertz CT molecular complexity index is 265. The van der Waals surface area contributed by atoms with E-state index >= 15 is 0 Å². The van der Waals surface area contributed by atoms with Crippen molar-refractivity contribution in [1.82, 2.24) is 0 Å². The minimum absolute atomic E-state index is 0.241. The van der Waals surface area contributed by atoms with E-state index in [-0.39, 0.29) is 11.9 Å². The number of rotatable bonds is 0. The minimum Gasteiger partial charge on any atom is -0.307 e. The van der Waals surface area contributed by atoms with Crippen molar-refractivity contribution in [1.29, 1.82) is 0 Å². The van der Waals surface area contributed by atoms with Gasteiger partial charge in [0.25, 0.3) is 0 Å². The highest BCUT2D eigenvalue weighted by molar-refractivity contribution is 7.83. The Labute approximate surface area is 54.9 Å². The summed E-state index contributed by atoms with van der Waals surface area (Å²) in [6.45, 7) is 0. The van der Waals surface area contributed by atoms with Gasteiger partial charge < -0.3 is 8.37 Å². The van der Waals surface area contributed by atoms with Gasteiger partial charge in [-0.3, -0.25) is 0 Å². The molecule has 2 aliphatic heterocycles. The molecule has 2 saturated heterocycles. The van der Waals surface area contributed by atoms with Crippen LogP contribution in [0, 0.1) is 0 Å². The summed E-state index contributed by atoms with van der Waals surface area (Å²) in [7, 11) is -3.83. The Morgan fingerprint density at radius 1 is 1.00 bits per heavy atom. The second-order valence-corrected chi connectivity index (χ2v) is 2.53. The molecule has 0 N–H and O–H groups in total. The standard InChI is InChI=1S/C2O7S/c3-10(4)7-2(8-10)1-5-9-6-1. The Kier molecular flexibility index (Phi) is 0.824. The third-order valence-corrected chi connectivity index (χ3v) is 1.45. The van der Waals surface area contributed by atoms with Gasteiger partial charge in [-0.15, -0.1) is 8.42 Å². The minimum atomic E-state index is -3.83. The van der Waals surface area contributed by atoms with E-state index in [0.29, 0.717) is 0 Å². The van der Waals surface area contributed by atoms with Crippen LogP contribution in [-0.4, -0.2) is 8.42 Å². The van der Waals surface area contributed by atoms with E-state index in [1.165, 1.54) is 0 Å². The third-order valence-electron chi connectivity index (χ3n) is 0.742. The lowest BCUT2D eigenvalue weighted by Crippen LogP contribution is -2.27. The SMILES string of the molecule is O=S1(=O)OC(=C2OOO2)O1. The number of hydrogen-bond donors (Lipinski definition) is 0. The fraction of sp³-hybridized carbons (Fsp3) is 0. The molecule has 2 heterocycles. The van der Waals surface area contributed by atoms with Gasteiger partial charge >= 0.3 is 22.3 Å². The molecular formula is C2O7S. The molecule has 8 heteroatoms. The molecule has 0 aromatic heterocycles. The van der Waals surface area contributed by atoms with Crippen LogP contribution in [0.4, 0.5) is 0 Å². The van der Waals surface area contributed by atoms with Gasteiger partial charge in [0.1, 0.15) is 0 Å². The van der Waals surface area contributed by atoms with Crippen LogP contribution in [0.1, 0.15) is 0 Å². The molecule has 0 aromatic carbocycles.